The number of carboxylic acids is 1. The highest BCUT2D eigenvalue weighted by Gasteiger charge is 2.21. The van der Waals surface area contributed by atoms with Crippen molar-refractivity contribution in [1.29, 1.82) is 0 Å². The fourth-order valence-electron chi connectivity index (χ4n) is 1.89. The van der Waals surface area contributed by atoms with E-state index in [0.29, 0.717) is 5.76 Å². The van der Waals surface area contributed by atoms with E-state index in [4.69, 9.17) is 14.3 Å². The Balaban J connectivity index is 2.09. The van der Waals surface area contributed by atoms with Gasteiger partial charge in [0.2, 0.25) is 0 Å². The summed E-state index contributed by atoms with van der Waals surface area (Å²) < 4.78 is 9.90. The van der Waals surface area contributed by atoms with Crippen LogP contribution in [0.1, 0.15) is 27.7 Å². The second kappa shape index (κ2) is 6.71. The number of carbonyl (C=O) groups excluding carboxylic acids is 1. The summed E-state index contributed by atoms with van der Waals surface area (Å²) in [7, 11) is 1.31. The van der Waals surface area contributed by atoms with Gasteiger partial charge in [0.1, 0.15) is 18.1 Å². The largest absolute Gasteiger partial charge is 0.478 e. The molecule has 2 aromatic rings. The predicted molar refractivity (Wildman–Crippen MR) is 73.7 cm³/mol. The van der Waals surface area contributed by atoms with Crippen molar-refractivity contribution < 1.29 is 23.8 Å². The van der Waals surface area contributed by atoms with Crippen LogP contribution in [0.25, 0.3) is 0 Å². The molecule has 21 heavy (non-hydrogen) atoms. The molecule has 0 aliphatic rings. The van der Waals surface area contributed by atoms with Gasteiger partial charge in [0.15, 0.2) is 0 Å². The van der Waals surface area contributed by atoms with Gasteiger partial charge in [0.05, 0.1) is 19.2 Å². The van der Waals surface area contributed by atoms with Crippen LogP contribution in [-0.2, 0) is 16.1 Å². The second-order valence-corrected chi connectivity index (χ2v) is 4.35. The third kappa shape index (κ3) is 3.70. The van der Waals surface area contributed by atoms with Crippen LogP contribution in [0.4, 0.5) is 0 Å². The third-order valence-corrected chi connectivity index (χ3v) is 2.95. The maximum absolute atomic E-state index is 11.8. The third-order valence-electron chi connectivity index (χ3n) is 2.95. The zero-order valence-corrected chi connectivity index (χ0v) is 11.4. The van der Waals surface area contributed by atoms with Crippen LogP contribution in [0.2, 0.25) is 0 Å². The summed E-state index contributed by atoms with van der Waals surface area (Å²) >= 11 is 0. The Morgan fingerprint density at radius 2 is 2.05 bits per heavy atom. The highest BCUT2D eigenvalue weighted by atomic mass is 16.5. The summed E-state index contributed by atoms with van der Waals surface area (Å²) in [6, 6.07) is 9.87. The molecule has 0 radical (unpaired) electrons. The van der Waals surface area contributed by atoms with Gasteiger partial charge in [-0.05, 0) is 11.6 Å². The molecular weight excluding hydrogens is 274 g/mol. The lowest BCUT2D eigenvalue weighted by Crippen LogP contribution is -2.29. The van der Waals surface area contributed by atoms with Gasteiger partial charge in [-0.15, -0.1) is 0 Å². The number of furan rings is 1. The molecule has 0 spiro atoms. The molecule has 1 atom stereocenters. The van der Waals surface area contributed by atoms with E-state index in [1.54, 1.807) is 12.1 Å². The van der Waals surface area contributed by atoms with E-state index >= 15 is 0 Å². The lowest BCUT2D eigenvalue weighted by atomic mass is 10.1. The van der Waals surface area contributed by atoms with E-state index < -0.39 is 18.0 Å². The minimum Gasteiger partial charge on any atom is -0.478 e. The molecule has 1 aromatic heterocycles. The van der Waals surface area contributed by atoms with Gasteiger partial charge in [-0.3, -0.25) is 5.32 Å². The van der Waals surface area contributed by atoms with E-state index in [9.17, 15) is 9.59 Å². The summed E-state index contributed by atoms with van der Waals surface area (Å²) in [6.07, 6.45) is 1.16. The fraction of sp³-hybridized carbons (Fsp3) is 0.200. The van der Waals surface area contributed by atoms with Crippen molar-refractivity contribution >= 4 is 11.9 Å². The molecule has 1 unspecified atom stereocenters. The highest BCUT2D eigenvalue weighted by Crippen LogP contribution is 2.16. The van der Waals surface area contributed by atoms with E-state index in [2.05, 4.69) is 5.32 Å². The minimum absolute atomic E-state index is 0.0705. The first kappa shape index (κ1) is 14.8. The quantitative estimate of drug-likeness (QED) is 0.790. The number of aromatic carboxylic acids is 1. The van der Waals surface area contributed by atoms with Gasteiger partial charge in [-0.1, -0.05) is 30.3 Å². The first-order valence-corrected chi connectivity index (χ1v) is 6.28. The van der Waals surface area contributed by atoms with Crippen molar-refractivity contribution in [1.82, 2.24) is 5.32 Å². The van der Waals surface area contributed by atoms with Gasteiger partial charge in [0.25, 0.3) is 0 Å². The molecule has 0 aliphatic carbocycles. The van der Waals surface area contributed by atoms with E-state index in [1.807, 2.05) is 18.2 Å². The fourth-order valence-corrected chi connectivity index (χ4v) is 1.89. The Morgan fingerprint density at radius 1 is 1.33 bits per heavy atom. The molecular formula is C15H15NO5. The number of hydrogen-bond donors (Lipinski definition) is 2. The van der Waals surface area contributed by atoms with E-state index in [0.717, 1.165) is 11.8 Å². The van der Waals surface area contributed by atoms with Gasteiger partial charge in [-0.25, -0.2) is 9.59 Å². The van der Waals surface area contributed by atoms with Crippen LogP contribution in [0, 0.1) is 0 Å². The van der Waals surface area contributed by atoms with E-state index in [1.165, 1.54) is 13.2 Å². The Hall–Kier alpha value is -2.60. The van der Waals surface area contributed by atoms with Crippen molar-refractivity contribution in [2.75, 3.05) is 7.11 Å². The average molecular weight is 289 g/mol. The van der Waals surface area contributed by atoms with Gasteiger partial charge in [-0.2, -0.15) is 0 Å². The number of benzene rings is 1. The zero-order valence-electron chi connectivity index (χ0n) is 11.4. The van der Waals surface area contributed by atoms with Crippen LogP contribution >= 0.6 is 0 Å². The standard InChI is InChI=1S/C15H15NO5/c1-20-15(19)13(10-5-3-2-4-6-10)16-8-12-7-11(9-21-12)14(17)18/h2-7,9,13,16H,8H2,1H3,(H,17,18). The number of carbonyl (C=O) groups is 2. The zero-order chi connectivity index (χ0) is 15.2. The van der Waals surface area contributed by atoms with Crippen LogP contribution in [0.15, 0.2) is 47.1 Å². The summed E-state index contributed by atoms with van der Waals surface area (Å²) in [6.45, 7) is 0.210. The van der Waals surface area contributed by atoms with E-state index in [-0.39, 0.29) is 12.1 Å². The number of hydrogen-bond acceptors (Lipinski definition) is 5. The molecule has 2 N–H and O–H groups in total. The van der Waals surface area contributed by atoms with Crippen molar-refractivity contribution in [3.63, 3.8) is 0 Å². The molecule has 0 fully saturated rings. The van der Waals surface area contributed by atoms with Crippen molar-refractivity contribution in [2.45, 2.75) is 12.6 Å². The number of methoxy groups -OCH3 is 1. The number of carboxylic acid groups (broad SMARTS) is 1. The maximum atomic E-state index is 11.8. The maximum Gasteiger partial charge on any atom is 0.338 e. The average Bonchev–Trinajstić information content (AvgIpc) is 2.97. The molecule has 0 saturated heterocycles. The molecule has 6 nitrogen and oxygen atoms in total. The Labute approximate surface area is 121 Å². The SMILES string of the molecule is COC(=O)C(NCc1cc(C(=O)O)co1)c1ccccc1. The second-order valence-electron chi connectivity index (χ2n) is 4.35. The molecule has 0 aliphatic heterocycles. The highest BCUT2D eigenvalue weighted by molar-refractivity contribution is 5.87. The van der Waals surface area contributed by atoms with Gasteiger partial charge in [0, 0.05) is 0 Å². The normalized spacial score (nSPS) is 11.9. The molecule has 2 rings (SSSR count). The van der Waals surface area contributed by atoms with Gasteiger partial charge >= 0.3 is 11.9 Å². The van der Waals surface area contributed by atoms with Gasteiger partial charge < -0.3 is 14.3 Å². The number of ether oxygens (including phenoxy) is 1. The van der Waals surface area contributed by atoms with Crippen molar-refractivity contribution in [3.8, 4) is 0 Å². The molecule has 0 amide bonds. The smallest absolute Gasteiger partial charge is 0.338 e. The molecule has 1 aromatic carbocycles. The Morgan fingerprint density at radius 3 is 2.62 bits per heavy atom. The monoisotopic (exact) mass is 289 g/mol. The number of rotatable bonds is 6. The summed E-state index contributed by atoms with van der Waals surface area (Å²) in [5.74, 6) is -1.05. The topological polar surface area (TPSA) is 88.8 Å². The van der Waals surface area contributed by atoms with Crippen LogP contribution in [-0.4, -0.2) is 24.2 Å². The Bertz CT molecular complexity index is 620. The molecule has 6 heteroatoms. The molecule has 0 saturated carbocycles. The first-order chi connectivity index (χ1) is 10.1. The van der Waals surface area contributed by atoms with Crippen LogP contribution in [0.3, 0.4) is 0 Å². The summed E-state index contributed by atoms with van der Waals surface area (Å²) in [5, 5.41) is 11.8. The molecule has 1 heterocycles. The van der Waals surface area contributed by atoms with Crippen molar-refractivity contribution in [3.05, 3.63) is 59.5 Å². The predicted octanol–water partition coefficient (Wildman–Crippen LogP) is 1.98. The number of esters is 1. The summed E-state index contributed by atoms with van der Waals surface area (Å²) in [5.41, 5.74) is 0.829. The lowest BCUT2D eigenvalue weighted by molar-refractivity contribution is -0.143. The number of nitrogens with one attached hydrogen (secondary N) is 1. The molecule has 110 valence electrons. The molecule has 0 bridgehead atoms. The lowest BCUT2D eigenvalue weighted by Gasteiger charge is -2.16. The van der Waals surface area contributed by atoms with Crippen LogP contribution < -0.4 is 5.32 Å². The van der Waals surface area contributed by atoms with Crippen molar-refractivity contribution in [2.24, 2.45) is 0 Å². The minimum atomic E-state index is -1.06. The first-order valence-electron chi connectivity index (χ1n) is 6.28. The van der Waals surface area contributed by atoms with Crippen LogP contribution in [0.5, 0.6) is 0 Å². The summed E-state index contributed by atoms with van der Waals surface area (Å²) in [4.78, 5) is 22.6. The Kier molecular flexibility index (Phi) is 4.73.